The van der Waals surface area contributed by atoms with Gasteiger partial charge in [0, 0.05) is 55.5 Å². The van der Waals surface area contributed by atoms with Gasteiger partial charge in [0.25, 0.3) is 5.91 Å². The van der Waals surface area contributed by atoms with Crippen molar-refractivity contribution in [2.75, 3.05) is 38.2 Å². The number of hydrogen-bond acceptors (Lipinski definition) is 4. The van der Waals surface area contributed by atoms with Gasteiger partial charge in [0.1, 0.15) is 11.6 Å². The van der Waals surface area contributed by atoms with Crippen molar-refractivity contribution in [2.45, 2.75) is 0 Å². The van der Waals surface area contributed by atoms with Crippen molar-refractivity contribution in [3.8, 4) is 5.75 Å². The number of nitrogens with one attached hydrogen (secondary N) is 1. The molecule has 25 heavy (non-hydrogen) atoms. The van der Waals surface area contributed by atoms with Crippen LogP contribution >= 0.6 is 0 Å². The van der Waals surface area contributed by atoms with Crippen molar-refractivity contribution in [1.82, 2.24) is 14.9 Å². The summed E-state index contributed by atoms with van der Waals surface area (Å²) in [5.41, 5.74) is 1.62. The SMILES string of the molecule is COc1ccc2c(C(=O)N3CCN(c4ccccn4)CC3)c[nH]c2c1. The number of aromatic nitrogens is 2. The third-order valence-corrected chi connectivity index (χ3v) is 4.66. The fourth-order valence-electron chi connectivity index (χ4n) is 3.26. The monoisotopic (exact) mass is 336 g/mol. The van der Waals surface area contributed by atoms with Crippen LogP contribution in [0.4, 0.5) is 5.82 Å². The number of ether oxygens (including phenoxy) is 1. The topological polar surface area (TPSA) is 61.5 Å². The quantitative estimate of drug-likeness (QED) is 0.798. The molecule has 0 spiro atoms. The summed E-state index contributed by atoms with van der Waals surface area (Å²) >= 11 is 0. The number of anilines is 1. The van der Waals surface area contributed by atoms with Crippen molar-refractivity contribution in [3.05, 3.63) is 54.4 Å². The number of benzene rings is 1. The smallest absolute Gasteiger partial charge is 0.256 e. The number of carbonyl (C=O) groups excluding carboxylic acids is 1. The first-order chi connectivity index (χ1) is 12.3. The van der Waals surface area contributed by atoms with Gasteiger partial charge in [0.05, 0.1) is 12.7 Å². The Kier molecular flexibility index (Phi) is 4.01. The average Bonchev–Trinajstić information content (AvgIpc) is 3.11. The molecule has 128 valence electrons. The van der Waals surface area contributed by atoms with E-state index in [2.05, 4.69) is 14.9 Å². The Balaban J connectivity index is 1.49. The highest BCUT2D eigenvalue weighted by molar-refractivity contribution is 6.07. The molecule has 2 aromatic heterocycles. The van der Waals surface area contributed by atoms with E-state index in [0.717, 1.165) is 35.6 Å². The van der Waals surface area contributed by atoms with Gasteiger partial charge >= 0.3 is 0 Å². The highest BCUT2D eigenvalue weighted by Gasteiger charge is 2.24. The number of aromatic amines is 1. The van der Waals surface area contributed by atoms with E-state index in [4.69, 9.17) is 4.74 Å². The van der Waals surface area contributed by atoms with Crippen LogP contribution in [-0.2, 0) is 0 Å². The molecule has 1 fully saturated rings. The minimum atomic E-state index is 0.0667. The van der Waals surface area contributed by atoms with Gasteiger partial charge in [-0.1, -0.05) is 6.07 Å². The van der Waals surface area contributed by atoms with Gasteiger partial charge in [0.2, 0.25) is 0 Å². The summed E-state index contributed by atoms with van der Waals surface area (Å²) in [7, 11) is 1.64. The number of piperazine rings is 1. The Hall–Kier alpha value is -3.02. The Morgan fingerprint density at radius 3 is 2.72 bits per heavy atom. The first kappa shape index (κ1) is 15.5. The van der Waals surface area contributed by atoms with E-state index in [0.29, 0.717) is 18.7 Å². The molecule has 0 saturated carbocycles. The Morgan fingerprint density at radius 1 is 1.16 bits per heavy atom. The fraction of sp³-hybridized carbons (Fsp3) is 0.263. The van der Waals surface area contributed by atoms with Gasteiger partial charge < -0.3 is 19.5 Å². The molecular weight excluding hydrogens is 316 g/mol. The number of methoxy groups -OCH3 is 1. The molecule has 6 nitrogen and oxygen atoms in total. The lowest BCUT2D eigenvalue weighted by Crippen LogP contribution is -2.49. The van der Waals surface area contributed by atoms with Crippen LogP contribution in [0.3, 0.4) is 0 Å². The number of nitrogens with zero attached hydrogens (tertiary/aromatic N) is 3. The first-order valence-corrected chi connectivity index (χ1v) is 8.36. The van der Waals surface area contributed by atoms with Crippen molar-refractivity contribution in [2.24, 2.45) is 0 Å². The van der Waals surface area contributed by atoms with Crippen LogP contribution in [0.1, 0.15) is 10.4 Å². The average molecular weight is 336 g/mol. The number of pyridine rings is 1. The van der Waals surface area contributed by atoms with E-state index in [-0.39, 0.29) is 5.91 Å². The molecule has 0 atom stereocenters. The summed E-state index contributed by atoms with van der Waals surface area (Å²) in [6, 6.07) is 11.6. The van der Waals surface area contributed by atoms with E-state index in [1.807, 2.05) is 41.3 Å². The van der Waals surface area contributed by atoms with Gasteiger partial charge in [-0.25, -0.2) is 4.98 Å². The summed E-state index contributed by atoms with van der Waals surface area (Å²) in [6.45, 7) is 2.97. The van der Waals surface area contributed by atoms with Crippen molar-refractivity contribution >= 4 is 22.6 Å². The number of amides is 1. The molecule has 4 rings (SSSR count). The van der Waals surface area contributed by atoms with Gasteiger partial charge in [-0.3, -0.25) is 4.79 Å². The number of H-pyrrole nitrogens is 1. The Morgan fingerprint density at radius 2 is 2.00 bits per heavy atom. The van der Waals surface area contributed by atoms with E-state index in [1.165, 1.54) is 0 Å². The number of carbonyl (C=O) groups is 1. The van der Waals surface area contributed by atoms with Crippen molar-refractivity contribution in [3.63, 3.8) is 0 Å². The van der Waals surface area contributed by atoms with Crippen LogP contribution in [0.5, 0.6) is 5.75 Å². The van der Waals surface area contributed by atoms with E-state index in [9.17, 15) is 4.79 Å². The third-order valence-electron chi connectivity index (χ3n) is 4.66. The normalized spacial score (nSPS) is 14.8. The van der Waals surface area contributed by atoms with E-state index < -0.39 is 0 Å². The summed E-state index contributed by atoms with van der Waals surface area (Å²) < 4.78 is 5.24. The minimum Gasteiger partial charge on any atom is -0.497 e. The molecule has 1 aliphatic rings. The van der Waals surface area contributed by atoms with Crippen molar-refractivity contribution < 1.29 is 9.53 Å². The van der Waals surface area contributed by atoms with Crippen LogP contribution in [0.2, 0.25) is 0 Å². The summed E-state index contributed by atoms with van der Waals surface area (Å²) in [4.78, 5) is 24.6. The predicted octanol–water partition coefficient (Wildman–Crippen LogP) is 2.53. The number of fused-ring (bicyclic) bond motifs is 1. The first-order valence-electron chi connectivity index (χ1n) is 8.36. The van der Waals surface area contributed by atoms with Crippen LogP contribution in [-0.4, -0.2) is 54.1 Å². The van der Waals surface area contributed by atoms with Crippen LogP contribution in [0.25, 0.3) is 10.9 Å². The van der Waals surface area contributed by atoms with Crippen LogP contribution in [0.15, 0.2) is 48.8 Å². The molecule has 0 bridgehead atoms. The maximum Gasteiger partial charge on any atom is 0.256 e. The second-order valence-corrected chi connectivity index (χ2v) is 6.08. The summed E-state index contributed by atoms with van der Waals surface area (Å²) in [6.07, 6.45) is 3.59. The predicted molar refractivity (Wildman–Crippen MR) is 97.2 cm³/mol. The lowest BCUT2D eigenvalue weighted by Gasteiger charge is -2.35. The lowest BCUT2D eigenvalue weighted by molar-refractivity contribution is 0.0748. The zero-order valence-electron chi connectivity index (χ0n) is 14.1. The summed E-state index contributed by atoms with van der Waals surface area (Å²) in [5.74, 6) is 1.81. The second-order valence-electron chi connectivity index (χ2n) is 6.08. The molecule has 1 aliphatic heterocycles. The fourth-order valence-corrected chi connectivity index (χ4v) is 3.26. The maximum atomic E-state index is 12.9. The van der Waals surface area contributed by atoms with Crippen LogP contribution in [0, 0.1) is 0 Å². The van der Waals surface area contributed by atoms with Gasteiger partial charge in [-0.2, -0.15) is 0 Å². The van der Waals surface area contributed by atoms with E-state index >= 15 is 0 Å². The lowest BCUT2D eigenvalue weighted by atomic mass is 10.1. The molecule has 0 radical (unpaired) electrons. The van der Waals surface area contributed by atoms with Gasteiger partial charge in [0.15, 0.2) is 0 Å². The van der Waals surface area contributed by atoms with Gasteiger partial charge in [-0.05, 0) is 24.3 Å². The molecule has 0 aliphatic carbocycles. The highest BCUT2D eigenvalue weighted by atomic mass is 16.5. The summed E-state index contributed by atoms with van der Waals surface area (Å²) in [5, 5.41) is 0.929. The molecular formula is C19H20N4O2. The number of hydrogen-bond donors (Lipinski definition) is 1. The standard InChI is InChI=1S/C19H20N4O2/c1-25-14-5-6-15-16(13-21-17(15)12-14)19(24)23-10-8-22(9-11-23)18-4-2-3-7-20-18/h2-7,12-13,21H,8-11H2,1H3. The van der Waals surface area contributed by atoms with Crippen LogP contribution < -0.4 is 9.64 Å². The molecule has 1 saturated heterocycles. The molecule has 1 aromatic carbocycles. The molecule has 1 amide bonds. The molecule has 6 heteroatoms. The third kappa shape index (κ3) is 2.91. The molecule has 3 heterocycles. The van der Waals surface area contributed by atoms with Crippen molar-refractivity contribution in [1.29, 1.82) is 0 Å². The highest BCUT2D eigenvalue weighted by Crippen LogP contribution is 2.25. The second kappa shape index (κ2) is 6.47. The minimum absolute atomic E-state index is 0.0667. The van der Waals surface area contributed by atoms with E-state index in [1.54, 1.807) is 19.5 Å². The zero-order chi connectivity index (χ0) is 17.2. The molecule has 0 unspecified atom stereocenters. The Bertz CT molecular complexity index is 883. The zero-order valence-corrected chi connectivity index (χ0v) is 14.1. The molecule has 1 N–H and O–H groups in total. The number of rotatable bonds is 3. The Labute approximate surface area is 146 Å². The maximum absolute atomic E-state index is 12.9. The van der Waals surface area contributed by atoms with Gasteiger partial charge in [-0.15, -0.1) is 0 Å². The largest absolute Gasteiger partial charge is 0.497 e. The molecule has 3 aromatic rings.